The van der Waals surface area contributed by atoms with E-state index in [1.165, 1.54) is 16.7 Å². The molecule has 1 aliphatic rings. The van der Waals surface area contributed by atoms with Crippen LogP contribution in [-0.2, 0) is 11.2 Å². The van der Waals surface area contributed by atoms with Crippen LogP contribution in [0.15, 0.2) is 12.1 Å². The molecule has 1 aromatic rings. The van der Waals surface area contributed by atoms with Gasteiger partial charge in [-0.3, -0.25) is 4.79 Å². The molecule has 0 fully saturated rings. The zero-order valence-electron chi connectivity index (χ0n) is 9.63. The number of carbonyl (C=O) groups is 1. The maximum atomic E-state index is 11.7. The molecular formula is C13H17NO. The first-order valence-corrected chi connectivity index (χ1v) is 5.47. The maximum absolute atomic E-state index is 11.7. The Kier molecular flexibility index (Phi) is 2.51. The van der Waals surface area contributed by atoms with Crippen LogP contribution in [0.2, 0.25) is 0 Å². The van der Waals surface area contributed by atoms with Crippen LogP contribution in [0.3, 0.4) is 0 Å². The Labute approximate surface area is 90.9 Å². The third kappa shape index (κ3) is 1.65. The summed E-state index contributed by atoms with van der Waals surface area (Å²) in [7, 11) is 1.88. The molecule has 0 spiro atoms. The number of hydrogen-bond acceptors (Lipinski definition) is 1. The van der Waals surface area contributed by atoms with E-state index in [0.29, 0.717) is 6.42 Å². The van der Waals surface area contributed by atoms with E-state index in [1.807, 2.05) is 7.05 Å². The molecule has 80 valence electrons. The van der Waals surface area contributed by atoms with E-state index in [1.54, 1.807) is 4.90 Å². The Bertz CT molecular complexity index is 409. The van der Waals surface area contributed by atoms with Crippen LogP contribution in [-0.4, -0.2) is 13.0 Å². The first-order valence-electron chi connectivity index (χ1n) is 5.47. The van der Waals surface area contributed by atoms with Gasteiger partial charge < -0.3 is 4.90 Å². The highest BCUT2D eigenvalue weighted by molar-refractivity contribution is 5.94. The van der Waals surface area contributed by atoms with Crippen molar-refractivity contribution in [1.82, 2.24) is 0 Å². The number of anilines is 1. The van der Waals surface area contributed by atoms with E-state index in [9.17, 15) is 4.79 Å². The molecule has 0 saturated carbocycles. The zero-order valence-corrected chi connectivity index (χ0v) is 9.63. The molecule has 2 heteroatoms. The predicted octanol–water partition coefficient (Wildman–Crippen LogP) is 2.60. The second kappa shape index (κ2) is 3.69. The smallest absolute Gasteiger partial charge is 0.226 e. The largest absolute Gasteiger partial charge is 0.315 e. The van der Waals surface area contributed by atoms with Crippen molar-refractivity contribution < 1.29 is 4.79 Å². The minimum absolute atomic E-state index is 0.233. The fraction of sp³-hybridized carbons (Fsp3) is 0.462. The molecule has 2 rings (SSSR count). The van der Waals surface area contributed by atoms with E-state index in [4.69, 9.17) is 0 Å². The molecule has 1 heterocycles. The fourth-order valence-electron chi connectivity index (χ4n) is 2.21. The SMILES string of the molecule is Cc1ccc2c(c1C)CCCC(=O)N2C. The summed E-state index contributed by atoms with van der Waals surface area (Å²) in [6.07, 6.45) is 2.67. The van der Waals surface area contributed by atoms with Gasteiger partial charge >= 0.3 is 0 Å². The highest BCUT2D eigenvalue weighted by Gasteiger charge is 2.20. The number of nitrogens with zero attached hydrogens (tertiary/aromatic N) is 1. The van der Waals surface area contributed by atoms with Crippen LogP contribution in [0.5, 0.6) is 0 Å². The lowest BCUT2D eigenvalue weighted by Crippen LogP contribution is -2.25. The third-order valence-corrected chi connectivity index (χ3v) is 3.40. The second-order valence-electron chi connectivity index (χ2n) is 4.31. The van der Waals surface area contributed by atoms with Gasteiger partial charge in [-0.05, 0) is 49.4 Å². The molecule has 0 atom stereocenters. The number of amides is 1. The summed E-state index contributed by atoms with van der Waals surface area (Å²) in [5.41, 5.74) is 5.11. The second-order valence-corrected chi connectivity index (χ2v) is 4.31. The van der Waals surface area contributed by atoms with Gasteiger partial charge in [0.25, 0.3) is 0 Å². The minimum atomic E-state index is 0.233. The van der Waals surface area contributed by atoms with Crippen molar-refractivity contribution in [2.45, 2.75) is 33.1 Å². The summed E-state index contributed by atoms with van der Waals surface area (Å²) in [5, 5.41) is 0. The molecule has 0 N–H and O–H groups in total. The Morgan fingerprint density at radius 2 is 1.93 bits per heavy atom. The molecule has 1 aliphatic heterocycles. The van der Waals surface area contributed by atoms with Gasteiger partial charge in [-0.1, -0.05) is 6.07 Å². The first kappa shape index (κ1) is 10.2. The van der Waals surface area contributed by atoms with E-state index in [0.717, 1.165) is 18.5 Å². The minimum Gasteiger partial charge on any atom is -0.315 e. The van der Waals surface area contributed by atoms with Gasteiger partial charge in [0.2, 0.25) is 5.91 Å². The number of hydrogen-bond donors (Lipinski definition) is 0. The lowest BCUT2D eigenvalue weighted by Gasteiger charge is -2.19. The van der Waals surface area contributed by atoms with Crippen molar-refractivity contribution in [3.05, 3.63) is 28.8 Å². The van der Waals surface area contributed by atoms with E-state index in [-0.39, 0.29) is 5.91 Å². The van der Waals surface area contributed by atoms with Crippen molar-refractivity contribution in [1.29, 1.82) is 0 Å². The molecule has 0 aliphatic carbocycles. The van der Waals surface area contributed by atoms with Crippen molar-refractivity contribution in [3.63, 3.8) is 0 Å². The van der Waals surface area contributed by atoms with Crippen LogP contribution in [0, 0.1) is 13.8 Å². The summed E-state index contributed by atoms with van der Waals surface area (Å²) < 4.78 is 0. The van der Waals surface area contributed by atoms with Crippen molar-refractivity contribution >= 4 is 11.6 Å². The van der Waals surface area contributed by atoms with Crippen LogP contribution in [0.25, 0.3) is 0 Å². The number of rotatable bonds is 0. The normalized spacial score (nSPS) is 16.2. The van der Waals surface area contributed by atoms with Gasteiger partial charge in [-0.15, -0.1) is 0 Å². The first-order chi connectivity index (χ1) is 7.11. The van der Waals surface area contributed by atoms with E-state index in [2.05, 4.69) is 26.0 Å². The average Bonchev–Trinajstić information content (AvgIpc) is 2.35. The highest BCUT2D eigenvalue weighted by Crippen LogP contribution is 2.30. The Morgan fingerprint density at radius 1 is 1.20 bits per heavy atom. The maximum Gasteiger partial charge on any atom is 0.226 e. The molecule has 15 heavy (non-hydrogen) atoms. The standard InChI is InChI=1S/C13H17NO/c1-9-7-8-12-11(10(9)2)5-4-6-13(15)14(12)3/h7-8H,4-6H2,1-3H3. The van der Waals surface area contributed by atoms with E-state index < -0.39 is 0 Å². The van der Waals surface area contributed by atoms with Crippen LogP contribution in [0.4, 0.5) is 5.69 Å². The molecule has 0 saturated heterocycles. The zero-order chi connectivity index (χ0) is 11.0. The Morgan fingerprint density at radius 3 is 2.67 bits per heavy atom. The van der Waals surface area contributed by atoms with Gasteiger partial charge in [-0.25, -0.2) is 0 Å². The molecule has 0 aromatic heterocycles. The highest BCUT2D eigenvalue weighted by atomic mass is 16.2. The van der Waals surface area contributed by atoms with Gasteiger partial charge in [0.15, 0.2) is 0 Å². The van der Waals surface area contributed by atoms with Crippen LogP contribution in [0.1, 0.15) is 29.5 Å². The van der Waals surface area contributed by atoms with Crippen molar-refractivity contribution in [2.24, 2.45) is 0 Å². The monoisotopic (exact) mass is 203 g/mol. The summed E-state index contributed by atoms with van der Waals surface area (Å²) in [6.45, 7) is 4.28. The number of benzene rings is 1. The van der Waals surface area contributed by atoms with Crippen LogP contribution < -0.4 is 4.90 Å². The van der Waals surface area contributed by atoms with Gasteiger partial charge in [-0.2, -0.15) is 0 Å². The third-order valence-electron chi connectivity index (χ3n) is 3.40. The Hall–Kier alpha value is -1.31. The van der Waals surface area contributed by atoms with Gasteiger partial charge in [0, 0.05) is 19.2 Å². The topological polar surface area (TPSA) is 20.3 Å². The van der Waals surface area contributed by atoms with Gasteiger partial charge in [0.1, 0.15) is 0 Å². The lowest BCUT2D eigenvalue weighted by molar-refractivity contribution is -0.118. The molecule has 2 nitrogen and oxygen atoms in total. The van der Waals surface area contributed by atoms with Crippen LogP contribution >= 0.6 is 0 Å². The summed E-state index contributed by atoms with van der Waals surface area (Å²) in [5.74, 6) is 0.233. The molecule has 1 aromatic carbocycles. The molecule has 1 amide bonds. The van der Waals surface area contributed by atoms with Crippen molar-refractivity contribution in [3.8, 4) is 0 Å². The lowest BCUT2D eigenvalue weighted by atomic mass is 9.98. The van der Waals surface area contributed by atoms with Crippen molar-refractivity contribution in [2.75, 3.05) is 11.9 Å². The van der Waals surface area contributed by atoms with E-state index >= 15 is 0 Å². The summed E-state index contributed by atoms with van der Waals surface area (Å²) in [6, 6.07) is 4.17. The van der Waals surface area contributed by atoms with Gasteiger partial charge in [0.05, 0.1) is 0 Å². The molecule has 0 bridgehead atoms. The molecular weight excluding hydrogens is 186 g/mol. The number of fused-ring (bicyclic) bond motifs is 1. The predicted molar refractivity (Wildman–Crippen MR) is 62.3 cm³/mol. The number of carbonyl (C=O) groups excluding carboxylic acids is 1. The quantitative estimate of drug-likeness (QED) is 0.634. The molecule has 0 unspecified atom stereocenters. The fourth-order valence-corrected chi connectivity index (χ4v) is 2.21. The average molecular weight is 203 g/mol. The summed E-state index contributed by atoms with van der Waals surface area (Å²) >= 11 is 0. The Balaban J connectivity index is 2.57. The molecule has 0 radical (unpaired) electrons. The number of aryl methyl sites for hydroxylation is 1. The summed E-state index contributed by atoms with van der Waals surface area (Å²) in [4.78, 5) is 13.5.